The fourth-order valence-electron chi connectivity index (χ4n) is 2.65. The Morgan fingerprint density at radius 2 is 2.00 bits per heavy atom. The van der Waals surface area contributed by atoms with Crippen molar-refractivity contribution in [3.8, 4) is 23.1 Å². The summed E-state index contributed by atoms with van der Waals surface area (Å²) in [7, 11) is 1.79. The summed E-state index contributed by atoms with van der Waals surface area (Å²) in [6.07, 6.45) is 0. The normalized spacial score (nSPS) is 10.9. The van der Waals surface area contributed by atoms with Crippen molar-refractivity contribution in [3.05, 3.63) is 58.6 Å². The number of halogens is 1. The van der Waals surface area contributed by atoms with Gasteiger partial charge in [-0.25, -0.2) is 0 Å². The zero-order valence-corrected chi connectivity index (χ0v) is 18.6. The Labute approximate surface area is 185 Å². The molecular formula is C20H17BrN6O2S. The van der Waals surface area contributed by atoms with Crippen molar-refractivity contribution in [1.82, 2.24) is 24.9 Å². The van der Waals surface area contributed by atoms with Crippen molar-refractivity contribution in [2.45, 2.75) is 12.1 Å². The van der Waals surface area contributed by atoms with Crippen molar-refractivity contribution in [2.24, 2.45) is 7.05 Å². The van der Waals surface area contributed by atoms with Gasteiger partial charge in [-0.05, 0) is 25.1 Å². The Kier molecular flexibility index (Phi) is 5.96. The lowest BCUT2D eigenvalue weighted by molar-refractivity contribution is -0.113. The first kappa shape index (κ1) is 20.3. The number of carbonyl (C=O) groups excluding carboxylic acids is 1. The van der Waals surface area contributed by atoms with Crippen LogP contribution in [0.15, 0.2) is 62.7 Å². The second-order valence-electron chi connectivity index (χ2n) is 6.50. The van der Waals surface area contributed by atoms with Gasteiger partial charge in [0.2, 0.25) is 17.6 Å². The van der Waals surface area contributed by atoms with E-state index in [9.17, 15) is 4.79 Å². The molecule has 0 aliphatic heterocycles. The van der Waals surface area contributed by atoms with E-state index < -0.39 is 0 Å². The fourth-order valence-corrected chi connectivity index (χ4v) is 3.76. The molecule has 1 amide bonds. The lowest BCUT2D eigenvalue weighted by atomic mass is 10.1. The molecule has 0 saturated heterocycles. The summed E-state index contributed by atoms with van der Waals surface area (Å²) in [5, 5.41) is 15.7. The third-order valence-corrected chi connectivity index (χ3v) is 5.72. The SMILES string of the molecule is Cc1ccc(-c2noc(-c3nnc(SCC(=O)Nc4cccc(Br)c4)n3C)n2)cc1. The lowest BCUT2D eigenvalue weighted by Crippen LogP contribution is -2.14. The van der Waals surface area contributed by atoms with E-state index in [1.54, 1.807) is 11.6 Å². The van der Waals surface area contributed by atoms with Gasteiger partial charge in [0, 0.05) is 22.8 Å². The Morgan fingerprint density at radius 3 is 2.77 bits per heavy atom. The minimum Gasteiger partial charge on any atom is -0.330 e. The van der Waals surface area contributed by atoms with Gasteiger partial charge in [-0.1, -0.05) is 68.7 Å². The summed E-state index contributed by atoms with van der Waals surface area (Å²) in [5.74, 6) is 1.25. The molecular weight excluding hydrogens is 468 g/mol. The minimum atomic E-state index is -0.137. The van der Waals surface area contributed by atoms with Crippen LogP contribution in [0.25, 0.3) is 23.1 Å². The number of aromatic nitrogens is 5. The third-order valence-electron chi connectivity index (χ3n) is 4.20. The highest BCUT2D eigenvalue weighted by molar-refractivity contribution is 9.10. The molecule has 1 N–H and O–H groups in total. The predicted molar refractivity (Wildman–Crippen MR) is 118 cm³/mol. The number of rotatable bonds is 6. The molecule has 10 heteroatoms. The molecule has 30 heavy (non-hydrogen) atoms. The average Bonchev–Trinajstić information content (AvgIpc) is 3.34. The van der Waals surface area contributed by atoms with Gasteiger partial charge in [0.25, 0.3) is 5.89 Å². The van der Waals surface area contributed by atoms with Crippen LogP contribution >= 0.6 is 27.7 Å². The smallest absolute Gasteiger partial charge is 0.296 e. The first-order valence-electron chi connectivity index (χ1n) is 8.98. The highest BCUT2D eigenvalue weighted by atomic mass is 79.9. The zero-order chi connectivity index (χ0) is 21.1. The number of benzene rings is 2. The molecule has 2 aromatic heterocycles. The predicted octanol–water partition coefficient (Wildman–Crippen LogP) is 4.33. The maximum atomic E-state index is 12.2. The standard InChI is InChI=1S/C20H17BrN6O2S/c1-12-6-8-13(9-7-12)17-23-19(29-26-17)18-24-25-20(27(18)2)30-11-16(28)22-15-5-3-4-14(21)10-15/h3-10H,11H2,1-2H3,(H,22,28). The van der Waals surface area contributed by atoms with Gasteiger partial charge in [0.15, 0.2) is 5.16 Å². The molecule has 4 rings (SSSR count). The number of carbonyl (C=O) groups is 1. The average molecular weight is 485 g/mol. The number of amides is 1. The van der Waals surface area contributed by atoms with Crippen LogP contribution in [0.5, 0.6) is 0 Å². The maximum Gasteiger partial charge on any atom is 0.296 e. The number of nitrogens with one attached hydrogen (secondary N) is 1. The van der Waals surface area contributed by atoms with Crippen LogP contribution in [0.4, 0.5) is 5.69 Å². The summed E-state index contributed by atoms with van der Waals surface area (Å²) < 4.78 is 7.99. The van der Waals surface area contributed by atoms with E-state index in [2.05, 4.69) is 41.6 Å². The van der Waals surface area contributed by atoms with Crippen LogP contribution in [0, 0.1) is 6.92 Å². The largest absolute Gasteiger partial charge is 0.330 e. The number of hydrogen-bond donors (Lipinski definition) is 1. The number of hydrogen-bond acceptors (Lipinski definition) is 7. The van der Waals surface area contributed by atoms with E-state index in [-0.39, 0.29) is 17.6 Å². The number of nitrogens with zero attached hydrogens (tertiary/aromatic N) is 5. The van der Waals surface area contributed by atoms with Crippen LogP contribution in [0.1, 0.15) is 5.56 Å². The van der Waals surface area contributed by atoms with E-state index in [0.717, 1.165) is 21.3 Å². The molecule has 0 aliphatic carbocycles. The molecule has 0 unspecified atom stereocenters. The first-order valence-corrected chi connectivity index (χ1v) is 10.8. The minimum absolute atomic E-state index is 0.137. The van der Waals surface area contributed by atoms with Crippen molar-refractivity contribution in [2.75, 3.05) is 11.1 Å². The molecule has 0 fully saturated rings. The van der Waals surface area contributed by atoms with Gasteiger partial charge >= 0.3 is 0 Å². The van der Waals surface area contributed by atoms with Gasteiger partial charge in [-0.2, -0.15) is 4.98 Å². The summed E-state index contributed by atoms with van der Waals surface area (Å²) >= 11 is 4.66. The van der Waals surface area contributed by atoms with Gasteiger partial charge in [0.05, 0.1) is 5.75 Å². The summed E-state index contributed by atoms with van der Waals surface area (Å²) in [5.41, 5.74) is 2.74. The van der Waals surface area contributed by atoms with E-state index >= 15 is 0 Å². The second-order valence-corrected chi connectivity index (χ2v) is 8.36. The third kappa shape index (κ3) is 4.60. The van der Waals surface area contributed by atoms with Crippen LogP contribution in [0.3, 0.4) is 0 Å². The van der Waals surface area contributed by atoms with E-state index in [0.29, 0.717) is 16.8 Å². The van der Waals surface area contributed by atoms with Gasteiger partial charge < -0.3 is 14.4 Å². The Balaban J connectivity index is 1.42. The van der Waals surface area contributed by atoms with Gasteiger partial charge in [-0.3, -0.25) is 4.79 Å². The first-order chi connectivity index (χ1) is 14.5. The fraction of sp³-hybridized carbons (Fsp3) is 0.150. The molecule has 152 valence electrons. The van der Waals surface area contributed by atoms with Gasteiger partial charge in [-0.15, -0.1) is 10.2 Å². The molecule has 2 aromatic carbocycles. The number of thioether (sulfide) groups is 1. The Bertz CT molecular complexity index is 1190. The van der Waals surface area contributed by atoms with Crippen molar-refractivity contribution in [1.29, 1.82) is 0 Å². The molecule has 0 atom stereocenters. The quantitative estimate of drug-likeness (QED) is 0.406. The molecule has 4 aromatic rings. The van der Waals surface area contributed by atoms with Gasteiger partial charge in [0.1, 0.15) is 0 Å². The van der Waals surface area contributed by atoms with Crippen molar-refractivity contribution >= 4 is 39.3 Å². The molecule has 2 heterocycles. The van der Waals surface area contributed by atoms with Crippen molar-refractivity contribution in [3.63, 3.8) is 0 Å². The second kappa shape index (κ2) is 8.80. The summed E-state index contributed by atoms with van der Waals surface area (Å²) in [4.78, 5) is 16.6. The lowest BCUT2D eigenvalue weighted by Gasteiger charge is -2.05. The summed E-state index contributed by atoms with van der Waals surface area (Å²) in [6, 6.07) is 15.3. The van der Waals surface area contributed by atoms with Crippen LogP contribution < -0.4 is 5.32 Å². The zero-order valence-electron chi connectivity index (χ0n) is 16.2. The Hall–Kier alpha value is -2.98. The van der Waals surface area contributed by atoms with E-state index in [1.807, 2.05) is 55.5 Å². The van der Waals surface area contributed by atoms with Crippen LogP contribution in [-0.4, -0.2) is 36.6 Å². The van der Waals surface area contributed by atoms with Crippen molar-refractivity contribution < 1.29 is 9.32 Å². The monoisotopic (exact) mass is 484 g/mol. The van der Waals surface area contributed by atoms with Crippen LogP contribution in [-0.2, 0) is 11.8 Å². The molecule has 0 radical (unpaired) electrons. The molecule has 0 aliphatic rings. The molecule has 0 spiro atoms. The van der Waals surface area contributed by atoms with E-state index in [1.165, 1.54) is 11.8 Å². The maximum absolute atomic E-state index is 12.2. The Morgan fingerprint density at radius 1 is 1.20 bits per heavy atom. The summed E-state index contributed by atoms with van der Waals surface area (Å²) in [6.45, 7) is 2.02. The molecule has 8 nitrogen and oxygen atoms in total. The highest BCUT2D eigenvalue weighted by Gasteiger charge is 2.19. The molecule has 0 saturated carbocycles. The molecule has 0 bridgehead atoms. The van der Waals surface area contributed by atoms with Crippen LogP contribution in [0.2, 0.25) is 0 Å². The topological polar surface area (TPSA) is 98.7 Å². The van der Waals surface area contributed by atoms with E-state index in [4.69, 9.17) is 4.52 Å². The number of anilines is 1. The highest BCUT2D eigenvalue weighted by Crippen LogP contribution is 2.24. The number of aryl methyl sites for hydroxylation is 1.